The SMILES string of the molecule is CC(C)N1C(=S)N[C@@H](c2ccccn2)[C@@H]1c1ccc(-c2ccc(F)cc2Br)o1. The zero-order valence-corrected chi connectivity index (χ0v) is 17.8. The summed E-state index contributed by atoms with van der Waals surface area (Å²) in [5, 5.41) is 4.07. The summed E-state index contributed by atoms with van der Waals surface area (Å²) in [6.07, 6.45) is 1.78. The van der Waals surface area contributed by atoms with Gasteiger partial charge in [-0.25, -0.2) is 4.39 Å². The number of halogens is 2. The summed E-state index contributed by atoms with van der Waals surface area (Å²) >= 11 is 9.02. The average Bonchev–Trinajstić information content (AvgIpc) is 3.26. The van der Waals surface area contributed by atoms with Crippen LogP contribution in [-0.4, -0.2) is 21.0 Å². The average molecular weight is 460 g/mol. The molecule has 3 heterocycles. The summed E-state index contributed by atoms with van der Waals surface area (Å²) in [6, 6.07) is 14.2. The molecule has 4 nitrogen and oxygen atoms in total. The Kier molecular flexibility index (Phi) is 5.21. The molecular formula is C21H19BrFN3OS. The highest BCUT2D eigenvalue weighted by molar-refractivity contribution is 9.10. The first-order valence-electron chi connectivity index (χ1n) is 9.00. The van der Waals surface area contributed by atoms with Gasteiger partial charge in [-0.05, 0) is 84.5 Å². The van der Waals surface area contributed by atoms with E-state index in [2.05, 4.69) is 45.0 Å². The number of nitrogens with zero attached hydrogens (tertiary/aromatic N) is 2. The van der Waals surface area contributed by atoms with Crippen LogP contribution in [-0.2, 0) is 0 Å². The van der Waals surface area contributed by atoms with E-state index in [1.54, 1.807) is 12.3 Å². The summed E-state index contributed by atoms with van der Waals surface area (Å²) in [6.45, 7) is 4.20. The van der Waals surface area contributed by atoms with Crippen molar-refractivity contribution in [3.8, 4) is 11.3 Å². The first-order valence-corrected chi connectivity index (χ1v) is 10.2. The Morgan fingerprint density at radius 1 is 1.21 bits per heavy atom. The van der Waals surface area contributed by atoms with Crippen molar-refractivity contribution in [2.75, 3.05) is 0 Å². The van der Waals surface area contributed by atoms with Gasteiger partial charge < -0.3 is 14.6 Å². The predicted octanol–water partition coefficient (Wildman–Crippen LogP) is 5.62. The van der Waals surface area contributed by atoms with Crippen LogP contribution in [0.25, 0.3) is 11.3 Å². The summed E-state index contributed by atoms with van der Waals surface area (Å²) in [5.41, 5.74) is 1.70. The van der Waals surface area contributed by atoms with Crippen LogP contribution in [0, 0.1) is 5.82 Å². The third-order valence-electron chi connectivity index (χ3n) is 4.81. The van der Waals surface area contributed by atoms with Gasteiger partial charge in [0.2, 0.25) is 0 Å². The highest BCUT2D eigenvalue weighted by atomic mass is 79.9. The minimum absolute atomic E-state index is 0.119. The zero-order chi connectivity index (χ0) is 19.8. The number of benzene rings is 1. The summed E-state index contributed by atoms with van der Waals surface area (Å²) in [7, 11) is 0. The number of thiocarbonyl (C=S) groups is 1. The van der Waals surface area contributed by atoms with Crippen LogP contribution in [0.4, 0.5) is 4.39 Å². The van der Waals surface area contributed by atoms with Crippen molar-refractivity contribution in [3.63, 3.8) is 0 Å². The quantitative estimate of drug-likeness (QED) is 0.512. The molecule has 144 valence electrons. The van der Waals surface area contributed by atoms with Gasteiger partial charge in [0, 0.05) is 22.3 Å². The number of hydrogen-bond donors (Lipinski definition) is 1. The van der Waals surface area contributed by atoms with Crippen molar-refractivity contribution in [1.29, 1.82) is 0 Å². The normalized spacial score (nSPS) is 19.3. The molecule has 2 atom stereocenters. The Labute approximate surface area is 176 Å². The first-order chi connectivity index (χ1) is 13.5. The van der Waals surface area contributed by atoms with Gasteiger partial charge in [-0.2, -0.15) is 0 Å². The first kappa shape index (κ1) is 19.1. The lowest BCUT2D eigenvalue weighted by molar-refractivity contribution is 0.237. The van der Waals surface area contributed by atoms with Crippen LogP contribution in [0.1, 0.15) is 37.4 Å². The number of furan rings is 1. The molecule has 0 bridgehead atoms. The van der Waals surface area contributed by atoms with Crippen molar-refractivity contribution in [1.82, 2.24) is 15.2 Å². The van der Waals surface area contributed by atoms with Crippen molar-refractivity contribution >= 4 is 33.3 Å². The minimum atomic E-state index is -0.297. The van der Waals surface area contributed by atoms with Gasteiger partial charge in [0.1, 0.15) is 23.4 Å². The van der Waals surface area contributed by atoms with E-state index in [0.29, 0.717) is 15.3 Å². The second kappa shape index (κ2) is 7.64. The maximum Gasteiger partial charge on any atom is 0.170 e. The lowest BCUT2D eigenvalue weighted by atomic mass is 10.0. The van der Waals surface area contributed by atoms with Crippen LogP contribution in [0.15, 0.2) is 63.6 Å². The third-order valence-corrected chi connectivity index (χ3v) is 5.79. The molecule has 0 radical (unpaired) electrons. The van der Waals surface area contributed by atoms with Gasteiger partial charge in [0.15, 0.2) is 5.11 Å². The monoisotopic (exact) mass is 459 g/mol. The van der Waals surface area contributed by atoms with Crippen LogP contribution >= 0.6 is 28.1 Å². The Morgan fingerprint density at radius 2 is 2.04 bits per heavy atom. The Morgan fingerprint density at radius 3 is 2.71 bits per heavy atom. The highest BCUT2D eigenvalue weighted by Crippen LogP contribution is 2.42. The van der Waals surface area contributed by atoms with Gasteiger partial charge in [-0.3, -0.25) is 4.98 Å². The van der Waals surface area contributed by atoms with Crippen molar-refractivity contribution < 1.29 is 8.81 Å². The number of pyridine rings is 1. The molecule has 1 fully saturated rings. The molecule has 0 amide bonds. The molecule has 0 unspecified atom stereocenters. The Hall–Kier alpha value is -2.25. The van der Waals surface area contributed by atoms with Gasteiger partial charge in [0.25, 0.3) is 0 Å². The molecule has 7 heteroatoms. The summed E-state index contributed by atoms with van der Waals surface area (Å²) < 4.78 is 20.3. The van der Waals surface area contributed by atoms with E-state index in [4.69, 9.17) is 16.6 Å². The molecule has 1 aliphatic rings. The zero-order valence-electron chi connectivity index (χ0n) is 15.4. The second-order valence-corrected chi connectivity index (χ2v) is 8.19. The molecule has 1 saturated heterocycles. The lowest BCUT2D eigenvalue weighted by Crippen LogP contribution is -2.35. The molecule has 0 spiro atoms. The molecule has 2 aromatic heterocycles. The number of nitrogens with one attached hydrogen (secondary N) is 1. The van der Waals surface area contributed by atoms with E-state index in [1.165, 1.54) is 12.1 Å². The molecule has 1 N–H and O–H groups in total. The van der Waals surface area contributed by atoms with Crippen molar-refractivity contribution in [2.45, 2.75) is 32.0 Å². The molecular weight excluding hydrogens is 441 g/mol. The topological polar surface area (TPSA) is 41.3 Å². The minimum Gasteiger partial charge on any atom is -0.459 e. The number of hydrogen-bond acceptors (Lipinski definition) is 3. The third kappa shape index (κ3) is 3.44. The number of aromatic nitrogens is 1. The van der Waals surface area contributed by atoms with Gasteiger partial charge in [0.05, 0.1) is 11.7 Å². The van der Waals surface area contributed by atoms with Crippen molar-refractivity contribution in [3.05, 3.63) is 76.5 Å². The van der Waals surface area contributed by atoms with Gasteiger partial charge in [-0.15, -0.1) is 0 Å². The lowest BCUT2D eigenvalue weighted by Gasteiger charge is -2.29. The Balaban J connectivity index is 1.76. The highest BCUT2D eigenvalue weighted by Gasteiger charge is 2.42. The number of rotatable bonds is 4. The largest absolute Gasteiger partial charge is 0.459 e. The van der Waals surface area contributed by atoms with Crippen LogP contribution < -0.4 is 5.32 Å². The van der Waals surface area contributed by atoms with E-state index in [0.717, 1.165) is 17.0 Å². The van der Waals surface area contributed by atoms with E-state index in [-0.39, 0.29) is 23.9 Å². The van der Waals surface area contributed by atoms with Crippen molar-refractivity contribution in [2.24, 2.45) is 0 Å². The molecule has 4 rings (SSSR count). The van der Waals surface area contributed by atoms with Gasteiger partial charge in [-0.1, -0.05) is 6.07 Å². The molecule has 1 aromatic carbocycles. The molecule has 0 aliphatic carbocycles. The molecule has 0 saturated carbocycles. The molecule has 1 aliphatic heterocycles. The maximum absolute atomic E-state index is 13.4. The van der Waals surface area contributed by atoms with E-state index >= 15 is 0 Å². The fourth-order valence-corrected chi connectivity index (χ4v) is 4.57. The van der Waals surface area contributed by atoms with E-state index in [9.17, 15) is 4.39 Å². The van der Waals surface area contributed by atoms with E-state index in [1.807, 2.05) is 30.3 Å². The summed E-state index contributed by atoms with van der Waals surface area (Å²) in [5.74, 6) is 1.15. The standard InChI is InChI=1S/C21H19BrFN3OS/c1-12(2)26-20(19(25-21(26)28)16-5-3-4-10-24-16)18-9-8-17(27-18)14-7-6-13(23)11-15(14)22/h3-12,19-20H,1-2H3,(H,25,28)/t19-,20-/m0/s1. The van der Waals surface area contributed by atoms with Crippen LogP contribution in [0.3, 0.4) is 0 Å². The maximum atomic E-state index is 13.4. The molecule has 3 aromatic rings. The van der Waals surface area contributed by atoms with E-state index < -0.39 is 0 Å². The fourth-order valence-electron chi connectivity index (χ4n) is 3.57. The Bertz CT molecular complexity index is 1010. The smallest absolute Gasteiger partial charge is 0.170 e. The fraction of sp³-hybridized carbons (Fsp3) is 0.238. The summed E-state index contributed by atoms with van der Waals surface area (Å²) in [4.78, 5) is 6.65. The molecule has 28 heavy (non-hydrogen) atoms. The second-order valence-electron chi connectivity index (χ2n) is 6.95. The van der Waals surface area contributed by atoms with Crippen LogP contribution in [0.5, 0.6) is 0 Å². The van der Waals surface area contributed by atoms with Gasteiger partial charge >= 0.3 is 0 Å². The predicted molar refractivity (Wildman–Crippen MR) is 114 cm³/mol. The van der Waals surface area contributed by atoms with Crippen LogP contribution in [0.2, 0.25) is 0 Å².